The van der Waals surface area contributed by atoms with Crippen LogP contribution in [0.15, 0.2) is 40.4 Å². The largest absolute Gasteiger partial charge is 0.478 e. The molecule has 11 heteroatoms. The molecule has 29 heavy (non-hydrogen) atoms. The van der Waals surface area contributed by atoms with Crippen LogP contribution in [-0.4, -0.2) is 43.9 Å². The van der Waals surface area contributed by atoms with E-state index in [1.165, 1.54) is 36.5 Å². The van der Waals surface area contributed by atoms with Crippen molar-refractivity contribution < 1.29 is 27.9 Å². The molecule has 2 aromatic heterocycles. The first-order chi connectivity index (χ1) is 13.7. The molecule has 0 saturated carbocycles. The highest BCUT2D eigenvalue weighted by molar-refractivity contribution is 8.00. The minimum atomic E-state index is -4.42. The van der Waals surface area contributed by atoms with Crippen molar-refractivity contribution in [2.75, 3.05) is 6.61 Å². The highest BCUT2D eigenvalue weighted by Gasteiger charge is 2.29. The predicted molar refractivity (Wildman–Crippen MR) is 102 cm³/mol. The van der Waals surface area contributed by atoms with Gasteiger partial charge in [0.15, 0.2) is 5.82 Å². The van der Waals surface area contributed by atoms with Crippen LogP contribution in [0.4, 0.5) is 13.2 Å². The van der Waals surface area contributed by atoms with E-state index >= 15 is 0 Å². The maximum absolute atomic E-state index is 12.6. The Hall–Kier alpha value is -3.08. The number of aromatic carboxylic acids is 1. The number of hydrogen-bond donors (Lipinski definition) is 1. The van der Waals surface area contributed by atoms with E-state index in [1.54, 1.807) is 18.5 Å². The number of carboxylic acid groups (broad SMARTS) is 1. The lowest BCUT2D eigenvalue weighted by molar-refractivity contribution is -0.0328. The Morgan fingerprint density at radius 3 is 2.72 bits per heavy atom. The Bertz CT molecular complexity index is 1100. The lowest BCUT2D eigenvalue weighted by Crippen LogP contribution is -2.06. The van der Waals surface area contributed by atoms with Crippen LogP contribution in [0.3, 0.4) is 0 Å². The average Bonchev–Trinajstić information content (AvgIpc) is 2.96. The molecular weight excluding hydrogens is 409 g/mol. The Morgan fingerprint density at radius 2 is 2.07 bits per heavy atom. The molecule has 0 radical (unpaired) electrons. The number of oxime groups is 1. The summed E-state index contributed by atoms with van der Waals surface area (Å²) in [5.74, 6) is -1.00. The molecule has 0 atom stereocenters. The van der Waals surface area contributed by atoms with E-state index in [4.69, 9.17) is 4.84 Å². The van der Waals surface area contributed by atoms with Gasteiger partial charge in [0.25, 0.3) is 0 Å². The number of benzene rings is 1. The van der Waals surface area contributed by atoms with E-state index < -0.39 is 11.5 Å². The van der Waals surface area contributed by atoms with E-state index in [0.717, 1.165) is 0 Å². The van der Waals surface area contributed by atoms with Crippen molar-refractivity contribution in [1.29, 1.82) is 0 Å². The van der Waals surface area contributed by atoms with Gasteiger partial charge in [0.05, 0.1) is 28.5 Å². The number of aryl methyl sites for hydroxylation is 1. The molecule has 0 saturated heterocycles. The van der Waals surface area contributed by atoms with Gasteiger partial charge >= 0.3 is 11.5 Å². The van der Waals surface area contributed by atoms with Gasteiger partial charge in [0, 0.05) is 11.9 Å². The van der Waals surface area contributed by atoms with Crippen molar-refractivity contribution >= 4 is 35.0 Å². The third-order valence-corrected chi connectivity index (χ3v) is 4.55. The fraction of sp³-hybridized carbons (Fsp3) is 0.222. The maximum atomic E-state index is 12.6. The number of thioether (sulfide) groups is 1. The monoisotopic (exact) mass is 424 g/mol. The first-order valence-electron chi connectivity index (χ1n) is 8.32. The van der Waals surface area contributed by atoms with Crippen LogP contribution in [0.25, 0.3) is 22.6 Å². The van der Waals surface area contributed by atoms with Gasteiger partial charge in [-0.25, -0.2) is 14.8 Å². The Balaban J connectivity index is 2.12. The number of hydrogen-bond acceptors (Lipinski definition) is 6. The number of carbonyl (C=O) groups is 1. The standard InChI is InChI=1S/C18H15F3N4O3S/c1-3-28-22-9-10-4-6-12(17(26)27)15(23-10)16-24-13-8-11(29-18(19,20)21)5-7-14(13)25(16)2/h4-9H,3H2,1-2H3,(H,26,27). The first-order valence-corrected chi connectivity index (χ1v) is 9.13. The number of fused-ring (bicyclic) bond motifs is 1. The second-order valence-electron chi connectivity index (χ2n) is 5.78. The van der Waals surface area contributed by atoms with Gasteiger partial charge in [-0.2, -0.15) is 13.2 Å². The van der Waals surface area contributed by atoms with E-state index in [-0.39, 0.29) is 33.7 Å². The third-order valence-electron chi connectivity index (χ3n) is 3.83. The van der Waals surface area contributed by atoms with Crippen LogP contribution >= 0.6 is 11.8 Å². The minimum Gasteiger partial charge on any atom is -0.478 e. The van der Waals surface area contributed by atoms with Gasteiger partial charge in [-0.1, -0.05) is 5.16 Å². The van der Waals surface area contributed by atoms with Gasteiger partial charge < -0.3 is 14.5 Å². The van der Waals surface area contributed by atoms with Gasteiger partial charge in [-0.05, 0) is 49.0 Å². The molecular formula is C18H15F3N4O3S. The molecule has 0 aliphatic rings. The van der Waals surface area contributed by atoms with Crippen LogP contribution in [0.2, 0.25) is 0 Å². The van der Waals surface area contributed by atoms with Crippen molar-refractivity contribution in [3.8, 4) is 11.5 Å². The molecule has 7 nitrogen and oxygen atoms in total. The van der Waals surface area contributed by atoms with Crippen molar-refractivity contribution in [1.82, 2.24) is 14.5 Å². The second-order valence-corrected chi connectivity index (χ2v) is 6.92. The van der Waals surface area contributed by atoms with Crippen LogP contribution in [0.1, 0.15) is 23.0 Å². The van der Waals surface area contributed by atoms with E-state index in [1.807, 2.05) is 0 Å². The van der Waals surface area contributed by atoms with Crippen molar-refractivity contribution in [3.05, 3.63) is 41.6 Å². The predicted octanol–water partition coefficient (Wildman–Crippen LogP) is 4.32. The highest BCUT2D eigenvalue weighted by atomic mass is 32.2. The summed E-state index contributed by atoms with van der Waals surface area (Å²) in [6.07, 6.45) is 1.33. The molecule has 3 rings (SSSR count). The van der Waals surface area contributed by atoms with Crippen molar-refractivity contribution in [2.45, 2.75) is 17.3 Å². The van der Waals surface area contributed by atoms with Gasteiger partial charge in [-0.15, -0.1) is 0 Å². The third kappa shape index (κ3) is 4.67. The molecule has 3 aromatic rings. The smallest absolute Gasteiger partial charge is 0.446 e. The lowest BCUT2D eigenvalue weighted by atomic mass is 10.1. The zero-order valence-corrected chi connectivity index (χ0v) is 16.1. The summed E-state index contributed by atoms with van der Waals surface area (Å²) in [7, 11) is 1.63. The summed E-state index contributed by atoms with van der Waals surface area (Å²) in [6.45, 7) is 2.12. The topological polar surface area (TPSA) is 89.6 Å². The lowest BCUT2D eigenvalue weighted by Gasteiger charge is -2.07. The summed E-state index contributed by atoms with van der Waals surface area (Å²) in [4.78, 5) is 25.1. The van der Waals surface area contributed by atoms with Crippen molar-refractivity contribution in [3.63, 3.8) is 0 Å². The van der Waals surface area contributed by atoms with Crippen LogP contribution < -0.4 is 0 Å². The molecule has 0 aliphatic heterocycles. The van der Waals surface area contributed by atoms with E-state index in [2.05, 4.69) is 15.1 Å². The fourth-order valence-electron chi connectivity index (χ4n) is 2.64. The molecule has 2 heterocycles. The van der Waals surface area contributed by atoms with Gasteiger partial charge in [-0.3, -0.25) is 0 Å². The molecule has 0 unspecified atom stereocenters. The number of pyridine rings is 1. The average molecular weight is 424 g/mol. The zero-order valence-electron chi connectivity index (χ0n) is 15.3. The number of rotatable bonds is 6. The van der Waals surface area contributed by atoms with Gasteiger partial charge in [0.2, 0.25) is 0 Å². The Morgan fingerprint density at radius 1 is 1.31 bits per heavy atom. The summed E-state index contributed by atoms with van der Waals surface area (Å²) in [5, 5.41) is 13.2. The number of imidazole rings is 1. The van der Waals surface area contributed by atoms with Crippen LogP contribution in [0, 0.1) is 0 Å². The van der Waals surface area contributed by atoms with Gasteiger partial charge in [0.1, 0.15) is 12.3 Å². The summed E-state index contributed by atoms with van der Waals surface area (Å²) < 4.78 is 39.5. The minimum absolute atomic E-state index is 0.0151. The summed E-state index contributed by atoms with van der Waals surface area (Å²) in [5.41, 5.74) is -3.26. The SMILES string of the molecule is CCON=Cc1ccc(C(=O)O)c(-c2nc3cc(SC(F)(F)F)ccc3n2C)n1. The molecule has 0 spiro atoms. The molecule has 0 bridgehead atoms. The van der Waals surface area contributed by atoms with E-state index in [9.17, 15) is 23.1 Å². The number of alkyl halides is 3. The molecule has 0 amide bonds. The summed E-state index contributed by atoms with van der Waals surface area (Å²) in [6, 6.07) is 6.97. The number of nitrogens with zero attached hydrogens (tertiary/aromatic N) is 4. The fourth-order valence-corrected chi connectivity index (χ4v) is 3.22. The highest BCUT2D eigenvalue weighted by Crippen LogP contribution is 2.38. The van der Waals surface area contributed by atoms with Crippen molar-refractivity contribution in [2.24, 2.45) is 12.2 Å². The van der Waals surface area contributed by atoms with Crippen LogP contribution in [0.5, 0.6) is 0 Å². The molecule has 1 aromatic carbocycles. The zero-order chi connectivity index (χ0) is 21.2. The number of carboxylic acids is 1. The quantitative estimate of drug-likeness (QED) is 0.360. The first kappa shape index (κ1) is 20.6. The number of halogens is 3. The molecule has 0 aliphatic carbocycles. The molecule has 0 fully saturated rings. The summed E-state index contributed by atoms with van der Waals surface area (Å²) >= 11 is -0.242. The van der Waals surface area contributed by atoms with E-state index in [0.29, 0.717) is 23.3 Å². The normalized spacial score (nSPS) is 12.0. The Kier molecular flexibility index (Phi) is 5.78. The maximum Gasteiger partial charge on any atom is 0.446 e. The second kappa shape index (κ2) is 8.11. The Labute approximate surface area is 167 Å². The van der Waals surface area contributed by atoms with Crippen LogP contribution in [-0.2, 0) is 11.9 Å². The molecule has 1 N–H and O–H groups in total. The molecule has 152 valence electrons. The number of aromatic nitrogens is 3.